The maximum Gasteiger partial charge on any atom is 0.316 e. The van der Waals surface area contributed by atoms with Crippen molar-refractivity contribution in [3.63, 3.8) is 0 Å². The van der Waals surface area contributed by atoms with Gasteiger partial charge in [-0.3, -0.25) is 0 Å². The first-order valence-electron chi connectivity index (χ1n) is 7.61. The molecule has 3 rings (SSSR count). The monoisotopic (exact) mass is 333 g/mol. The molecule has 2 aromatic rings. The van der Waals surface area contributed by atoms with Gasteiger partial charge >= 0.3 is 6.01 Å². The van der Waals surface area contributed by atoms with E-state index in [0.717, 1.165) is 12.8 Å². The molecule has 0 unspecified atom stereocenters. The molecule has 1 fully saturated rings. The number of sulfonamides is 1. The van der Waals surface area contributed by atoms with Crippen LogP contribution < -0.4 is 4.74 Å². The molecule has 1 aromatic heterocycles. The SMILES string of the molecule is O=S(=O)(c1ccccc1)N1CCC(COc2ncccn2)CC1. The number of nitrogens with zero attached hydrogens (tertiary/aromatic N) is 3. The molecule has 7 heteroatoms. The summed E-state index contributed by atoms with van der Waals surface area (Å²) < 4.78 is 32.2. The van der Waals surface area contributed by atoms with E-state index < -0.39 is 10.0 Å². The van der Waals surface area contributed by atoms with Gasteiger partial charge in [0.2, 0.25) is 10.0 Å². The van der Waals surface area contributed by atoms with E-state index in [4.69, 9.17) is 4.74 Å². The molecule has 0 aliphatic carbocycles. The third-order valence-electron chi connectivity index (χ3n) is 3.94. The highest BCUT2D eigenvalue weighted by Gasteiger charge is 2.29. The fourth-order valence-corrected chi connectivity index (χ4v) is 4.10. The Bertz CT molecular complexity index is 715. The van der Waals surface area contributed by atoms with Crippen LogP contribution in [-0.4, -0.2) is 42.4 Å². The first kappa shape index (κ1) is 15.9. The number of ether oxygens (including phenoxy) is 1. The van der Waals surface area contributed by atoms with Crippen molar-refractivity contribution in [1.29, 1.82) is 0 Å². The number of aromatic nitrogens is 2. The Hall–Kier alpha value is -1.99. The van der Waals surface area contributed by atoms with Gasteiger partial charge in [0.1, 0.15) is 0 Å². The fraction of sp³-hybridized carbons (Fsp3) is 0.375. The van der Waals surface area contributed by atoms with Gasteiger partial charge in [-0.2, -0.15) is 4.31 Å². The summed E-state index contributed by atoms with van der Waals surface area (Å²) in [4.78, 5) is 8.39. The van der Waals surface area contributed by atoms with E-state index in [-0.39, 0.29) is 0 Å². The zero-order valence-electron chi connectivity index (χ0n) is 12.7. The summed E-state index contributed by atoms with van der Waals surface area (Å²) >= 11 is 0. The predicted octanol–water partition coefficient (Wildman–Crippen LogP) is 1.96. The van der Waals surface area contributed by atoms with E-state index >= 15 is 0 Å². The van der Waals surface area contributed by atoms with E-state index in [0.29, 0.717) is 36.5 Å². The van der Waals surface area contributed by atoms with Crippen molar-refractivity contribution in [1.82, 2.24) is 14.3 Å². The third-order valence-corrected chi connectivity index (χ3v) is 5.86. The second-order valence-electron chi connectivity index (χ2n) is 5.50. The van der Waals surface area contributed by atoms with Crippen LogP contribution in [0.25, 0.3) is 0 Å². The largest absolute Gasteiger partial charge is 0.463 e. The number of rotatable bonds is 5. The molecule has 2 heterocycles. The molecule has 6 nitrogen and oxygen atoms in total. The van der Waals surface area contributed by atoms with Crippen molar-refractivity contribution in [3.05, 3.63) is 48.8 Å². The van der Waals surface area contributed by atoms with E-state index in [2.05, 4.69) is 9.97 Å². The van der Waals surface area contributed by atoms with Crippen LogP contribution in [0.1, 0.15) is 12.8 Å². The zero-order chi connectivity index (χ0) is 16.1. The molecule has 0 atom stereocenters. The fourth-order valence-electron chi connectivity index (χ4n) is 2.61. The topological polar surface area (TPSA) is 72.4 Å². The van der Waals surface area contributed by atoms with Crippen LogP contribution in [0.4, 0.5) is 0 Å². The Kier molecular flexibility index (Phi) is 4.88. The second-order valence-corrected chi connectivity index (χ2v) is 7.44. The number of hydrogen-bond donors (Lipinski definition) is 0. The molecule has 122 valence electrons. The summed E-state index contributed by atoms with van der Waals surface area (Å²) in [7, 11) is -3.38. The highest BCUT2D eigenvalue weighted by Crippen LogP contribution is 2.24. The minimum atomic E-state index is -3.38. The van der Waals surface area contributed by atoms with Crippen molar-refractivity contribution >= 4 is 10.0 Å². The van der Waals surface area contributed by atoms with Gasteiger partial charge in [-0.15, -0.1) is 0 Å². The van der Waals surface area contributed by atoms with Gasteiger partial charge in [-0.1, -0.05) is 18.2 Å². The molecular weight excluding hydrogens is 314 g/mol. The summed E-state index contributed by atoms with van der Waals surface area (Å²) in [5.41, 5.74) is 0. The maximum atomic E-state index is 12.5. The molecular formula is C16H19N3O3S. The lowest BCUT2D eigenvalue weighted by molar-refractivity contribution is 0.176. The average Bonchev–Trinajstić information content (AvgIpc) is 2.62. The van der Waals surface area contributed by atoms with E-state index in [1.165, 1.54) is 0 Å². The van der Waals surface area contributed by atoms with Gasteiger partial charge in [0.05, 0.1) is 11.5 Å². The number of piperidine rings is 1. The van der Waals surface area contributed by atoms with Crippen LogP contribution in [0.5, 0.6) is 6.01 Å². The average molecular weight is 333 g/mol. The molecule has 1 aliphatic heterocycles. The van der Waals surface area contributed by atoms with E-state index in [1.54, 1.807) is 47.0 Å². The summed E-state index contributed by atoms with van der Waals surface area (Å²) in [6, 6.07) is 10.7. The Labute approximate surface area is 136 Å². The van der Waals surface area contributed by atoms with Crippen LogP contribution >= 0.6 is 0 Å². The highest BCUT2D eigenvalue weighted by atomic mass is 32.2. The lowest BCUT2D eigenvalue weighted by Crippen LogP contribution is -2.39. The van der Waals surface area contributed by atoms with Crippen LogP contribution in [-0.2, 0) is 10.0 Å². The summed E-state index contributed by atoms with van der Waals surface area (Å²) in [5.74, 6) is 0.320. The van der Waals surface area contributed by atoms with Crippen molar-refractivity contribution in [3.8, 4) is 6.01 Å². The molecule has 0 bridgehead atoms. The molecule has 0 amide bonds. The first-order chi connectivity index (χ1) is 11.2. The van der Waals surface area contributed by atoms with Crippen LogP contribution in [0.2, 0.25) is 0 Å². The van der Waals surface area contributed by atoms with Crippen molar-refractivity contribution < 1.29 is 13.2 Å². The smallest absolute Gasteiger partial charge is 0.316 e. The lowest BCUT2D eigenvalue weighted by atomic mass is 9.99. The Morgan fingerprint density at radius 1 is 1.04 bits per heavy atom. The van der Waals surface area contributed by atoms with E-state index in [9.17, 15) is 8.42 Å². The first-order valence-corrected chi connectivity index (χ1v) is 9.05. The minimum Gasteiger partial charge on any atom is -0.463 e. The second kappa shape index (κ2) is 7.06. The zero-order valence-corrected chi connectivity index (χ0v) is 13.5. The molecule has 0 N–H and O–H groups in total. The van der Waals surface area contributed by atoms with Crippen molar-refractivity contribution in [2.45, 2.75) is 17.7 Å². The van der Waals surface area contributed by atoms with Gasteiger partial charge in [0.25, 0.3) is 0 Å². The molecule has 0 saturated carbocycles. The number of benzene rings is 1. The highest BCUT2D eigenvalue weighted by molar-refractivity contribution is 7.89. The quantitative estimate of drug-likeness (QED) is 0.836. The van der Waals surface area contributed by atoms with Gasteiger partial charge in [0.15, 0.2) is 0 Å². The molecule has 23 heavy (non-hydrogen) atoms. The summed E-state index contributed by atoms with van der Waals surface area (Å²) in [6.07, 6.45) is 4.83. The van der Waals surface area contributed by atoms with Crippen LogP contribution in [0.15, 0.2) is 53.7 Å². The van der Waals surface area contributed by atoms with Crippen LogP contribution in [0, 0.1) is 5.92 Å². The molecule has 0 spiro atoms. The van der Waals surface area contributed by atoms with Gasteiger partial charge in [0, 0.05) is 25.5 Å². The van der Waals surface area contributed by atoms with Crippen LogP contribution in [0.3, 0.4) is 0 Å². The van der Waals surface area contributed by atoms with Gasteiger partial charge in [-0.05, 0) is 37.0 Å². The third kappa shape index (κ3) is 3.86. The Morgan fingerprint density at radius 3 is 2.35 bits per heavy atom. The summed E-state index contributed by atoms with van der Waals surface area (Å²) in [5, 5.41) is 0. The molecule has 1 aromatic carbocycles. The molecule has 0 radical (unpaired) electrons. The van der Waals surface area contributed by atoms with Crippen molar-refractivity contribution in [2.75, 3.05) is 19.7 Å². The lowest BCUT2D eigenvalue weighted by Gasteiger charge is -2.30. The van der Waals surface area contributed by atoms with Gasteiger partial charge < -0.3 is 4.74 Å². The van der Waals surface area contributed by atoms with Gasteiger partial charge in [-0.25, -0.2) is 18.4 Å². The standard InChI is InChI=1S/C16H19N3O3S/c20-23(21,15-5-2-1-3-6-15)19-11-7-14(8-12-19)13-22-16-17-9-4-10-18-16/h1-6,9-10,14H,7-8,11-13H2. The van der Waals surface area contributed by atoms with Crippen molar-refractivity contribution in [2.24, 2.45) is 5.92 Å². The Morgan fingerprint density at radius 2 is 1.70 bits per heavy atom. The Balaban J connectivity index is 1.54. The van der Waals surface area contributed by atoms with E-state index in [1.807, 2.05) is 6.07 Å². The summed E-state index contributed by atoms with van der Waals surface area (Å²) in [6.45, 7) is 1.55. The number of hydrogen-bond acceptors (Lipinski definition) is 5. The molecule has 1 aliphatic rings. The maximum absolute atomic E-state index is 12.5. The minimum absolute atomic E-state index is 0.320. The molecule has 1 saturated heterocycles. The predicted molar refractivity (Wildman–Crippen MR) is 85.5 cm³/mol. The normalized spacial score (nSPS) is 17.0.